The van der Waals surface area contributed by atoms with Crippen LogP contribution in [-0.4, -0.2) is 35.6 Å². The van der Waals surface area contributed by atoms with Crippen LogP contribution >= 0.6 is 6.04 Å². The van der Waals surface area contributed by atoms with E-state index in [2.05, 4.69) is 10.0 Å². The Morgan fingerprint density at radius 1 is 0.900 bits per heavy atom. The zero-order valence-electron chi connectivity index (χ0n) is 21.6. The number of benzene rings is 4. The first-order valence-electron chi connectivity index (χ1n) is 12.9. The molecule has 5 rings (SSSR count). The summed E-state index contributed by atoms with van der Waals surface area (Å²) in [5, 5.41) is 5.83. The Morgan fingerprint density at radius 3 is 1.93 bits per heavy atom. The maximum Gasteiger partial charge on any atom is 0.416 e. The normalized spacial score (nSPS) is 16.4. The summed E-state index contributed by atoms with van der Waals surface area (Å²) in [5.74, 6) is -0.615. The molecule has 4 aromatic rings. The average Bonchev–Trinajstić information content (AvgIpc) is 3.37. The third-order valence-electron chi connectivity index (χ3n) is 7.05. The van der Waals surface area contributed by atoms with Gasteiger partial charge in [-0.2, -0.15) is 0 Å². The van der Waals surface area contributed by atoms with E-state index in [0.29, 0.717) is 6.42 Å². The predicted octanol–water partition coefficient (Wildman–Crippen LogP) is 6.13. The minimum atomic E-state index is -2.87. The number of imide groups is 1. The topological polar surface area (TPSA) is 95.4 Å². The van der Waals surface area contributed by atoms with Crippen molar-refractivity contribution in [3.8, 4) is 0 Å². The van der Waals surface area contributed by atoms with E-state index in [-0.39, 0.29) is 6.61 Å². The molecule has 0 aromatic heterocycles. The second-order valence-electron chi connectivity index (χ2n) is 9.46. The molecule has 3 atom stereocenters. The number of hydrogen-bond donors (Lipinski definition) is 0. The Labute approximate surface area is 238 Å². The summed E-state index contributed by atoms with van der Waals surface area (Å²) in [4.78, 5) is 31.6. The van der Waals surface area contributed by atoms with Crippen molar-refractivity contribution >= 4 is 40.5 Å². The van der Waals surface area contributed by atoms with Crippen LogP contribution < -0.4 is 10.6 Å². The van der Waals surface area contributed by atoms with Gasteiger partial charge in [-0.1, -0.05) is 138 Å². The summed E-state index contributed by atoms with van der Waals surface area (Å²) < 4.78 is 5.35. The van der Waals surface area contributed by atoms with Crippen LogP contribution in [0.5, 0.6) is 0 Å². The summed E-state index contributed by atoms with van der Waals surface area (Å²) in [6, 6.07) is 33.7. The molecule has 4 aromatic carbocycles. The zero-order valence-corrected chi connectivity index (χ0v) is 23.3. The van der Waals surface area contributed by atoms with Gasteiger partial charge >= 0.3 is 6.09 Å². The van der Waals surface area contributed by atoms with Gasteiger partial charge < -0.3 is 4.74 Å². The molecule has 200 valence electrons. The third-order valence-corrected chi connectivity index (χ3v) is 12.5. The lowest BCUT2D eigenvalue weighted by Gasteiger charge is -2.37. The highest BCUT2D eigenvalue weighted by atomic mass is 32.4. The van der Waals surface area contributed by atoms with E-state index in [4.69, 9.17) is 16.5 Å². The highest BCUT2D eigenvalue weighted by Gasteiger charge is 2.47. The molecule has 0 aliphatic carbocycles. The van der Waals surface area contributed by atoms with E-state index in [1.807, 2.05) is 121 Å². The van der Waals surface area contributed by atoms with Gasteiger partial charge in [0.05, 0.1) is 6.04 Å². The maximum atomic E-state index is 14.4. The zero-order chi connectivity index (χ0) is 28.0. The number of cyclic esters (lactones) is 1. The SMILES string of the molecule is [N-]=[N+]=N[C@H](C(=O)N1C(=O)OC[C@@H]1Cc1ccccc1)[C@H](c1ccccc1)P(=S)(c1ccccc1)c1ccccc1. The minimum absolute atomic E-state index is 0.0595. The van der Waals surface area contributed by atoms with Crippen molar-refractivity contribution in [3.63, 3.8) is 0 Å². The average molecular weight is 567 g/mol. The molecule has 0 unspecified atom stereocenters. The summed E-state index contributed by atoms with van der Waals surface area (Å²) in [5.41, 5.74) is 10.7. The number of rotatable bonds is 9. The van der Waals surface area contributed by atoms with Crippen LogP contribution in [0.1, 0.15) is 16.8 Å². The summed E-state index contributed by atoms with van der Waals surface area (Å²) in [6.07, 6.45) is -0.327. The maximum absolute atomic E-state index is 14.4. The molecule has 1 aliphatic rings. The van der Waals surface area contributed by atoms with Crippen LogP contribution in [0.15, 0.2) is 126 Å². The van der Waals surface area contributed by atoms with Gasteiger partial charge in [-0.05, 0) is 33.7 Å². The summed E-state index contributed by atoms with van der Waals surface area (Å²) in [7, 11) is 0. The third kappa shape index (κ3) is 5.43. The molecule has 2 amide bonds. The first-order chi connectivity index (χ1) is 19.5. The van der Waals surface area contributed by atoms with Crippen LogP contribution in [0.2, 0.25) is 0 Å². The fraction of sp³-hybridized carbons (Fsp3) is 0.161. The van der Waals surface area contributed by atoms with Crippen LogP contribution in [0, 0.1) is 0 Å². The quantitative estimate of drug-likeness (QED) is 0.105. The summed E-state index contributed by atoms with van der Waals surface area (Å²) in [6.45, 7) is 0.0595. The monoisotopic (exact) mass is 566 g/mol. The first kappa shape index (κ1) is 27.4. The van der Waals surface area contributed by atoms with E-state index in [9.17, 15) is 15.1 Å². The highest BCUT2D eigenvalue weighted by Crippen LogP contribution is 2.60. The van der Waals surface area contributed by atoms with E-state index < -0.39 is 35.8 Å². The Bertz CT molecular complexity index is 1520. The lowest BCUT2D eigenvalue weighted by atomic mass is 10.0. The van der Waals surface area contributed by atoms with Crippen molar-refractivity contribution in [2.45, 2.75) is 24.2 Å². The van der Waals surface area contributed by atoms with E-state index in [0.717, 1.165) is 26.6 Å². The van der Waals surface area contributed by atoms with E-state index in [1.165, 1.54) is 0 Å². The highest BCUT2D eigenvalue weighted by molar-refractivity contribution is 8.22. The summed E-state index contributed by atoms with van der Waals surface area (Å²) >= 11 is 6.63. The number of nitrogens with zero attached hydrogens (tertiary/aromatic N) is 4. The van der Waals surface area contributed by atoms with Crippen molar-refractivity contribution in [2.24, 2.45) is 5.11 Å². The number of amides is 2. The van der Waals surface area contributed by atoms with Gasteiger partial charge in [-0.25, -0.2) is 9.69 Å². The van der Waals surface area contributed by atoms with Crippen LogP contribution in [0.25, 0.3) is 10.4 Å². The lowest BCUT2D eigenvalue weighted by Crippen LogP contribution is -2.47. The van der Waals surface area contributed by atoms with Gasteiger partial charge in [0.25, 0.3) is 0 Å². The second-order valence-corrected chi connectivity index (χ2v) is 14.1. The van der Waals surface area contributed by atoms with Crippen LogP contribution in [0.4, 0.5) is 4.79 Å². The van der Waals surface area contributed by atoms with Crippen molar-refractivity contribution in [3.05, 3.63) is 143 Å². The molecule has 7 nitrogen and oxygen atoms in total. The van der Waals surface area contributed by atoms with Crippen LogP contribution in [0.3, 0.4) is 0 Å². The molecule has 9 heteroatoms. The van der Waals surface area contributed by atoms with Crippen molar-refractivity contribution < 1.29 is 14.3 Å². The molecule has 40 heavy (non-hydrogen) atoms. The van der Waals surface area contributed by atoms with Gasteiger partial charge in [0.2, 0.25) is 5.91 Å². The first-order valence-corrected chi connectivity index (χ1v) is 15.7. The second kappa shape index (κ2) is 12.3. The molecule has 0 saturated carbocycles. The van der Waals surface area contributed by atoms with Gasteiger partial charge in [0.1, 0.15) is 12.6 Å². The largest absolute Gasteiger partial charge is 0.447 e. The van der Waals surface area contributed by atoms with Gasteiger partial charge in [0, 0.05) is 16.6 Å². The number of carbonyl (C=O) groups excluding carboxylic acids is 2. The molecular formula is C31H27N4O3PS. The van der Waals surface area contributed by atoms with E-state index >= 15 is 0 Å². The Hall–Kier alpha value is -4.22. The number of azide groups is 1. The molecule has 1 aliphatic heterocycles. The number of carbonyl (C=O) groups is 2. The van der Waals surface area contributed by atoms with Gasteiger partial charge in [0.15, 0.2) is 0 Å². The lowest BCUT2D eigenvalue weighted by molar-refractivity contribution is -0.130. The standard InChI is InChI=1S/C31H27N4O3PS/c32-34-33-28(30(36)35-25(22-38-31(35)37)21-23-13-5-1-6-14-23)29(24-15-7-2-8-16-24)39(40,26-17-9-3-10-18-26)27-19-11-4-12-20-27/h1-20,25,28-29H,21-22H2/t25-,28-,29-/m0/s1. The molecule has 0 bridgehead atoms. The molecule has 1 heterocycles. The molecular weight excluding hydrogens is 539 g/mol. The molecule has 1 saturated heterocycles. The smallest absolute Gasteiger partial charge is 0.416 e. The fourth-order valence-corrected chi connectivity index (χ4v) is 10.0. The molecule has 0 N–H and O–H groups in total. The predicted molar refractivity (Wildman–Crippen MR) is 161 cm³/mol. The molecule has 1 fully saturated rings. The Kier molecular flexibility index (Phi) is 8.42. The Morgan fingerprint density at radius 2 is 1.40 bits per heavy atom. The van der Waals surface area contributed by atoms with Gasteiger partial charge in [-0.3, -0.25) is 4.79 Å². The number of hydrogen-bond acceptors (Lipinski definition) is 5. The van der Waals surface area contributed by atoms with Crippen molar-refractivity contribution in [1.29, 1.82) is 0 Å². The van der Waals surface area contributed by atoms with Crippen molar-refractivity contribution in [1.82, 2.24) is 4.90 Å². The minimum Gasteiger partial charge on any atom is -0.447 e. The number of ether oxygens (including phenoxy) is 1. The molecule has 0 spiro atoms. The van der Waals surface area contributed by atoms with E-state index in [1.54, 1.807) is 0 Å². The molecule has 0 radical (unpaired) electrons. The van der Waals surface area contributed by atoms with Crippen molar-refractivity contribution in [2.75, 3.05) is 6.61 Å². The Balaban J connectivity index is 1.67. The fourth-order valence-electron chi connectivity index (χ4n) is 5.22. The van der Waals surface area contributed by atoms with Gasteiger partial charge in [-0.15, -0.1) is 0 Å². The van der Waals surface area contributed by atoms with Crippen LogP contribution in [-0.2, 0) is 27.8 Å².